The van der Waals surface area contributed by atoms with Crippen molar-refractivity contribution < 1.29 is 13.9 Å². The summed E-state index contributed by atoms with van der Waals surface area (Å²) < 4.78 is 24.2. The predicted octanol–water partition coefficient (Wildman–Crippen LogP) is 1.03. The molecule has 106 valence electrons. The van der Waals surface area contributed by atoms with Crippen LogP contribution in [0, 0.1) is 5.82 Å². The average molecular weight is 268 g/mol. The zero-order chi connectivity index (χ0) is 13.8. The summed E-state index contributed by atoms with van der Waals surface area (Å²) in [6.45, 7) is 2.45. The second-order valence-electron chi connectivity index (χ2n) is 5.01. The van der Waals surface area contributed by atoms with Gasteiger partial charge in [-0.15, -0.1) is 0 Å². The fourth-order valence-electron chi connectivity index (χ4n) is 2.31. The molecule has 0 amide bonds. The second-order valence-corrected chi connectivity index (χ2v) is 5.01. The molecule has 2 atom stereocenters. The molecule has 1 saturated heterocycles. The Bertz CT molecular complexity index is 428. The molecule has 2 unspecified atom stereocenters. The molecule has 2 rings (SSSR count). The number of benzene rings is 1. The maximum Gasteiger partial charge on any atom is 0.165 e. The first kappa shape index (κ1) is 14.2. The maximum absolute atomic E-state index is 13.6. The maximum atomic E-state index is 13.6. The third-order valence-corrected chi connectivity index (χ3v) is 3.46. The molecular formula is C14H21FN2O2. The molecule has 0 aliphatic carbocycles. The van der Waals surface area contributed by atoms with Crippen LogP contribution in [0.3, 0.4) is 0 Å². The Balaban J connectivity index is 1.98. The van der Waals surface area contributed by atoms with Gasteiger partial charge in [0.2, 0.25) is 0 Å². The minimum atomic E-state index is -0.353. The summed E-state index contributed by atoms with van der Waals surface area (Å²) in [6, 6.07) is 4.82. The van der Waals surface area contributed by atoms with Crippen LogP contribution in [0.1, 0.15) is 5.56 Å². The molecule has 0 spiro atoms. The van der Waals surface area contributed by atoms with Crippen molar-refractivity contribution in [2.45, 2.75) is 18.6 Å². The lowest BCUT2D eigenvalue weighted by Gasteiger charge is -2.33. The zero-order valence-electron chi connectivity index (χ0n) is 11.4. The number of hydrogen-bond donors (Lipinski definition) is 1. The van der Waals surface area contributed by atoms with Crippen molar-refractivity contribution in [3.8, 4) is 5.75 Å². The quantitative estimate of drug-likeness (QED) is 0.886. The molecule has 1 heterocycles. The summed E-state index contributed by atoms with van der Waals surface area (Å²) >= 11 is 0. The number of nitrogens with zero attached hydrogens (tertiary/aromatic N) is 1. The van der Waals surface area contributed by atoms with Gasteiger partial charge in [-0.3, -0.25) is 0 Å². The molecule has 0 bridgehead atoms. The molecule has 1 fully saturated rings. The molecule has 2 N–H and O–H groups in total. The van der Waals surface area contributed by atoms with Crippen molar-refractivity contribution in [2.75, 3.05) is 33.9 Å². The zero-order valence-corrected chi connectivity index (χ0v) is 11.4. The average Bonchev–Trinajstić information content (AvgIpc) is 2.39. The van der Waals surface area contributed by atoms with Crippen molar-refractivity contribution >= 4 is 0 Å². The Morgan fingerprint density at radius 2 is 2.37 bits per heavy atom. The van der Waals surface area contributed by atoms with E-state index in [0.29, 0.717) is 13.0 Å². The Labute approximate surface area is 113 Å². The summed E-state index contributed by atoms with van der Waals surface area (Å²) in [4.78, 5) is 2.20. The van der Waals surface area contributed by atoms with Gasteiger partial charge in [0, 0.05) is 19.1 Å². The van der Waals surface area contributed by atoms with Crippen LogP contribution in [0.5, 0.6) is 5.75 Å². The van der Waals surface area contributed by atoms with Gasteiger partial charge in [0.15, 0.2) is 11.6 Å². The van der Waals surface area contributed by atoms with Gasteiger partial charge >= 0.3 is 0 Å². The van der Waals surface area contributed by atoms with Crippen molar-refractivity contribution in [1.29, 1.82) is 0 Å². The summed E-state index contributed by atoms with van der Waals surface area (Å²) in [5.74, 6) is -0.0974. The number of methoxy groups -OCH3 is 1. The van der Waals surface area contributed by atoms with Gasteiger partial charge in [-0.25, -0.2) is 4.39 Å². The van der Waals surface area contributed by atoms with Gasteiger partial charge < -0.3 is 20.1 Å². The van der Waals surface area contributed by atoms with Crippen molar-refractivity contribution in [2.24, 2.45) is 5.73 Å². The number of halogens is 1. The monoisotopic (exact) mass is 268 g/mol. The molecule has 0 radical (unpaired) electrons. The van der Waals surface area contributed by atoms with E-state index < -0.39 is 0 Å². The summed E-state index contributed by atoms with van der Waals surface area (Å²) in [7, 11) is 3.50. The SMILES string of the molecule is COc1ccc(CC(N)C2CN(C)CCO2)cc1F. The first-order chi connectivity index (χ1) is 9.10. The topological polar surface area (TPSA) is 47.7 Å². The Kier molecular flexibility index (Phi) is 4.74. The minimum Gasteiger partial charge on any atom is -0.494 e. The molecule has 1 aliphatic heterocycles. The lowest BCUT2D eigenvalue weighted by molar-refractivity contribution is -0.0319. The first-order valence-corrected chi connectivity index (χ1v) is 6.48. The summed E-state index contributed by atoms with van der Waals surface area (Å²) in [5.41, 5.74) is 7.02. The predicted molar refractivity (Wildman–Crippen MR) is 71.9 cm³/mol. The van der Waals surface area contributed by atoms with Crippen LogP contribution in [0.2, 0.25) is 0 Å². The third-order valence-electron chi connectivity index (χ3n) is 3.46. The van der Waals surface area contributed by atoms with E-state index in [2.05, 4.69) is 11.9 Å². The lowest BCUT2D eigenvalue weighted by atomic mass is 10.0. The van der Waals surface area contributed by atoms with Crippen LogP contribution < -0.4 is 10.5 Å². The number of ether oxygens (including phenoxy) is 2. The van der Waals surface area contributed by atoms with Crippen LogP contribution in [-0.2, 0) is 11.2 Å². The standard InChI is InChI=1S/C14H21FN2O2/c1-17-5-6-19-14(9-17)12(16)8-10-3-4-13(18-2)11(15)7-10/h3-4,7,12,14H,5-6,8-9,16H2,1-2H3. The van der Waals surface area contributed by atoms with E-state index in [1.54, 1.807) is 6.07 Å². The number of morpholine rings is 1. The van der Waals surface area contributed by atoms with E-state index in [-0.39, 0.29) is 23.7 Å². The Morgan fingerprint density at radius 3 is 3.00 bits per heavy atom. The molecular weight excluding hydrogens is 247 g/mol. The van der Waals surface area contributed by atoms with Crippen LogP contribution in [-0.4, -0.2) is 50.9 Å². The highest BCUT2D eigenvalue weighted by Crippen LogP contribution is 2.19. The van der Waals surface area contributed by atoms with E-state index >= 15 is 0 Å². The first-order valence-electron chi connectivity index (χ1n) is 6.48. The molecule has 5 heteroatoms. The fraction of sp³-hybridized carbons (Fsp3) is 0.571. The van der Waals surface area contributed by atoms with Gasteiger partial charge in [-0.1, -0.05) is 6.07 Å². The number of likely N-dealkylation sites (N-methyl/N-ethyl adjacent to an activating group) is 1. The molecule has 1 aliphatic rings. The number of rotatable bonds is 4. The van der Waals surface area contributed by atoms with Crippen LogP contribution in [0.15, 0.2) is 18.2 Å². The van der Waals surface area contributed by atoms with Gasteiger partial charge in [0.1, 0.15) is 0 Å². The molecule has 4 nitrogen and oxygen atoms in total. The van der Waals surface area contributed by atoms with Gasteiger partial charge in [0.25, 0.3) is 0 Å². The molecule has 0 saturated carbocycles. The van der Waals surface area contributed by atoms with E-state index in [1.807, 2.05) is 6.07 Å². The van der Waals surface area contributed by atoms with Crippen LogP contribution in [0.4, 0.5) is 4.39 Å². The molecule has 1 aromatic carbocycles. The lowest BCUT2D eigenvalue weighted by Crippen LogP contribution is -2.50. The molecule has 19 heavy (non-hydrogen) atoms. The van der Waals surface area contributed by atoms with E-state index in [0.717, 1.165) is 18.7 Å². The number of hydrogen-bond acceptors (Lipinski definition) is 4. The number of nitrogens with two attached hydrogens (primary N) is 1. The minimum absolute atomic E-state index is 0.00362. The largest absolute Gasteiger partial charge is 0.494 e. The Hall–Kier alpha value is -1.17. The smallest absolute Gasteiger partial charge is 0.165 e. The normalized spacial score (nSPS) is 22.2. The summed E-state index contributed by atoms with van der Waals surface area (Å²) in [5, 5.41) is 0. The molecule has 0 aromatic heterocycles. The van der Waals surface area contributed by atoms with Crippen molar-refractivity contribution in [1.82, 2.24) is 4.90 Å². The second kappa shape index (κ2) is 6.32. The van der Waals surface area contributed by atoms with Gasteiger partial charge in [-0.2, -0.15) is 0 Å². The highest BCUT2D eigenvalue weighted by molar-refractivity contribution is 5.29. The summed E-state index contributed by atoms with van der Waals surface area (Å²) in [6.07, 6.45) is 0.600. The van der Waals surface area contributed by atoms with Crippen LogP contribution >= 0.6 is 0 Å². The van der Waals surface area contributed by atoms with Crippen LogP contribution in [0.25, 0.3) is 0 Å². The highest BCUT2D eigenvalue weighted by Gasteiger charge is 2.24. The third kappa shape index (κ3) is 3.65. The van der Waals surface area contributed by atoms with Crippen molar-refractivity contribution in [3.05, 3.63) is 29.6 Å². The van der Waals surface area contributed by atoms with E-state index in [4.69, 9.17) is 15.2 Å². The highest BCUT2D eigenvalue weighted by atomic mass is 19.1. The van der Waals surface area contributed by atoms with Gasteiger partial charge in [0.05, 0.1) is 19.8 Å². The molecule has 1 aromatic rings. The van der Waals surface area contributed by atoms with E-state index in [9.17, 15) is 4.39 Å². The van der Waals surface area contributed by atoms with Gasteiger partial charge in [-0.05, 0) is 31.2 Å². The van der Waals surface area contributed by atoms with Crippen molar-refractivity contribution in [3.63, 3.8) is 0 Å². The fourth-order valence-corrected chi connectivity index (χ4v) is 2.31. The Morgan fingerprint density at radius 1 is 1.58 bits per heavy atom. The van der Waals surface area contributed by atoms with E-state index in [1.165, 1.54) is 13.2 Å².